The molecule has 1 saturated heterocycles. The van der Waals surface area contributed by atoms with Gasteiger partial charge in [0.05, 0.1) is 0 Å². The van der Waals surface area contributed by atoms with Crippen molar-refractivity contribution in [2.24, 2.45) is 5.92 Å². The predicted molar refractivity (Wildman–Crippen MR) is 76.2 cm³/mol. The van der Waals surface area contributed by atoms with Crippen molar-refractivity contribution in [3.05, 3.63) is 23.8 Å². The minimum atomic E-state index is -4.22. The molecule has 21 heavy (non-hydrogen) atoms. The SMILES string of the molecule is CC1CN(S(=O)(=O)c2c(F)cc(N)cc2F)CC1N(C)C. The fourth-order valence-electron chi connectivity index (χ4n) is 2.73. The number of rotatable bonds is 3. The van der Waals surface area contributed by atoms with Gasteiger partial charge < -0.3 is 10.6 Å². The van der Waals surface area contributed by atoms with Crippen LogP contribution in [0, 0.1) is 17.6 Å². The van der Waals surface area contributed by atoms with Gasteiger partial charge in [-0.05, 0) is 32.1 Å². The molecule has 2 rings (SSSR count). The van der Waals surface area contributed by atoms with Crippen molar-refractivity contribution in [3.8, 4) is 0 Å². The average molecular weight is 319 g/mol. The van der Waals surface area contributed by atoms with Gasteiger partial charge in [-0.15, -0.1) is 0 Å². The highest BCUT2D eigenvalue weighted by Crippen LogP contribution is 2.30. The van der Waals surface area contributed by atoms with Crippen molar-refractivity contribution >= 4 is 15.7 Å². The van der Waals surface area contributed by atoms with Crippen LogP contribution in [0.3, 0.4) is 0 Å². The normalized spacial score (nSPS) is 23.9. The molecule has 8 heteroatoms. The standard InChI is InChI=1S/C13H19F2N3O2S/c1-8-6-18(7-12(8)17(2)3)21(19,20)13-10(14)4-9(16)5-11(13)15/h4-5,8,12H,6-7,16H2,1-3H3. The van der Waals surface area contributed by atoms with E-state index in [2.05, 4.69) is 0 Å². The minimum Gasteiger partial charge on any atom is -0.399 e. The second kappa shape index (κ2) is 5.51. The van der Waals surface area contributed by atoms with Crippen LogP contribution in [0.1, 0.15) is 6.92 Å². The van der Waals surface area contributed by atoms with Crippen LogP contribution < -0.4 is 5.73 Å². The fourth-order valence-corrected chi connectivity index (χ4v) is 4.38. The first-order valence-electron chi connectivity index (χ1n) is 6.55. The Balaban J connectivity index is 2.41. The minimum absolute atomic E-state index is 0.0136. The highest BCUT2D eigenvalue weighted by atomic mass is 32.2. The number of hydrogen-bond acceptors (Lipinski definition) is 4. The van der Waals surface area contributed by atoms with Gasteiger partial charge in [0.25, 0.3) is 0 Å². The monoisotopic (exact) mass is 319 g/mol. The number of benzene rings is 1. The molecule has 2 atom stereocenters. The molecular weight excluding hydrogens is 300 g/mol. The molecule has 5 nitrogen and oxygen atoms in total. The van der Waals surface area contributed by atoms with Crippen LogP contribution in [-0.2, 0) is 10.0 Å². The summed E-state index contributed by atoms with van der Waals surface area (Å²) in [5.74, 6) is -2.24. The number of nitrogen functional groups attached to an aromatic ring is 1. The Morgan fingerprint density at radius 2 is 1.76 bits per heavy atom. The number of nitrogens with zero attached hydrogens (tertiary/aromatic N) is 2. The third-order valence-electron chi connectivity index (χ3n) is 3.82. The number of halogens is 2. The lowest BCUT2D eigenvalue weighted by atomic mass is 10.1. The predicted octanol–water partition coefficient (Wildman–Crippen LogP) is 1.12. The first-order valence-corrected chi connectivity index (χ1v) is 7.99. The Morgan fingerprint density at radius 3 is 2.19 bits per heavy atom. The van der Waals surface area contributed by atoms with E-state index in [9.17, 15) is 17.2 Å². The van der Waals surface area contributed by atoms with Gasteiger partial charge in [-0.25, -0.2) is 17.2 Å². The van der Waals surface area contributed by atoms with E-state index in [0.29, 0.717) is 0 Å². The zero-order valence-electron chi connectivity index (χ0n) is 12.2. The van der Waals surface area contributed by atoms with E-state index in [-0.39, 0.29) is 30.7 Å². The zero-order chi connectivity index (χ0) is 15.9. The van der Waals surface area contributed by atoms with Crippen molar-refractivity contribution in [2.45, 2.75) is 17.9 Å². The van der Waals surface area contributed by atoms with Crippen LogP contribution in [-0.4, -0.2) is 50.8 Å². The molecule has 2 N–H and O–H groups in total. The average Bonchev–Trinajstić information content (AvgIpc) is 2.70. The third kappa shape index (κ3) is 2.88. The Labute approximate surface area is 123 Å². The Kier molecular flexibility index (Phi) is 4.23. The quantitative estimate of drug-likeness (QED) is 0.848. The summed E-state index contributed by atoms with van der Waals surface area (Å²) in [6.07, 6.45) is 0. The summed E-state index contributed by atoms with van der Waals surface area (Å²) >= 11 is 0. The largest absolute Gasteiger partial charge is 0.399 e. The molecule has 1 aromatic rings. The van der Waals surface area contributed by atoms with Gasteiger partial charge in [-0.3, -0.25) is 0 Å². The van der Waals surface area contributed by atoms with Gasteiger partial charge in [-0.1, -0.05) is 6.92 Å². The first-order chi connectivity index (χ1) is 9.64. The van der Waals surface area contributed by atoms with E-state index in [1.54, 1.807) is 0 Å². The maximum Gasteiger partial charge on any atom is 0.248 e. The van der Waals surface area contributed by atoms with E-state index in [4.69, 9.17) is 5.73 Å². The molecule has 0 spiro atoms. The molecule has 0 amide bonds. The summed E-state index contributed by atoms with van der Waals surface area (Å²) in [7, 11) is -0.517. The molecule has 0 radical (unpaired) electrons. The molecular formula is C13H19F2N3O2S. The molecule has 0 aliphatic carbocycles. The fraction of sp³-hybridized carbons (Fsp3) is 0.538. The lowest BCUT2D eigenvalue weighted by Crippen LogP contribution is -2.36. The Morgan fingerprint density at radius 1 is 1.24 bits per heavy atom. The van der Waals surface area contributed by atoms with Crippen LogP contribution in [0.4, 0.5) is 14.5 Å². The van der Waals surface area contributed by atoms with Crippen LogP contribution in [0.15, 0.2) is 17.0 Å². The number of sulfonamides is 1. The molecule has 0 aromatic heterocycles. The van der Waals surface area contributed by atoms with Gasteiger partial charge in [-0.2, -0.15) is 4.31 Å². The molecule has 1 aliphatic heterocycles. The van der Waals surface area contributed by atoms with Crippen molar-refractivity contribution in [1.29, 1.82) is 0 Å². The van der Waals surface area contributed by atoms with Crippen LogP contribution in [0.5, 0.6) is 0 Å². The Hall–Kier alpha value is -1.25. The number of hydrogen-bond donors (Lipinski definition) is 1. The molecule has 0 saturated carbocycles. The van der Waals surface area contributed by atoms with Gasteiger partial charge in [0.15, 0.2) is 4.90 Å². The molecule has 1 aromatic carbocycles. The molecule has 0 bridgehead atoms. The summed E-state index contributed by atoms with van der Waals surface area (Å²) in [6.45, 7) is 2.35. The summed E-state index contributed by atoms with van der Waals surface area (Å²) in [6, 6.07) is 1.65. The van der Waals surface area contributed by atoms with E-state index in [0.717, 1.165) is 16.4 Å². The maximum absolute atomic E-state index is 13.9. The third-order valence-corrected chi connectivity index (χ3v) is 5.70. The summed E-state index contributed by atoms with van der Waals surface area (Å²) < 4.78 is 53.9. The van der Waals surface area contributed by atoms with E-state index in [1.807, 2.05) is 25.9 Å². The lowest BCUT2D eigenvalue weighted by Gasteiger charge is -2.22. The second-order valence-electron chi connectivity index (χ2n) is 5.64. The van der Waals surface area contributed by atoms with Crippen LogP contribution in [0.2, 0.25) is 0 Å². The number of nitrogens with two attached hydrogens (primary N) is 1. The second-order valence-corrected chi connectivity index (χ2v) is 7.52. The molecule has 1 heterocycles. The highest BCUT2D eigenvalue weighted by Gasteiger charge is 2.40. The van der Waals surface area contributed by atoms with Gasteiger partial charge in [0.2, 0.25) is 10.0 Å². The zero-order valence-corrected chi connectivity index (χ0v) is 13.0. The highest BCUT2D eigenvalue weighted by molar-refractivity contribution is 7.89. The Bertz CT molecular complexity index is 626. The number of anilines is 1. The van der Waals surface area contributed by atoms with Gasteiger partial charge in [0.1, 0.15) is 11.6 Å². The van der Waals surface area contributed by atoms with Crippen LogP contribution >= 0.6 is 0 Å². The van der Waals surface area contributed by atoms with Crippen molar-refractivity contribution < 1.29 is 17.2 Å². The maximum atomic E-state index is 13.9. The smallest absolute Gasteiger partial charge is 0.248 e. The van der Waals surface area contributed by atoms with Crippen molar-refractivity contribution in [2.75, 3.05) is 32.9 Å². The van der Waals surface area contributed by atoms with E-state index in [1.165, 1.54) is 0 Å². The van der Waals surface area contributed by atoms with Crippen molar-refractivity contribution in [1.82, 2.24) is 9.21 Å². The van der Waals surface area contributed by atoms with Crippen LogP contribution in [0.25, 0.3) is 0 Å². The summed E-state index contributed by atoms with van der Waals surface area (Å²) in [5.41, 5.74) is 5.17. The molecule has 2 unspecified atom stereocenters. The lowest BCUT2D eigenvalue weighted by molar-refractivity contribution is 0.263. The number of likely N-dealkylation sites (N-methyl/N-ethyl adjacent to an activating group) is 1. The first kappa shape index (κ1) is 16.1. The van der Waals surface area contributed by atoms with E-state index < -0.39 is 26.6 Å². The summed E-state index contributed by atoms with van der Waals surface area (Å²) in [5, 5.41) is 0. The van der Waals surface area contributed by atoms with Gasteiger partial charge >= 0.3 is 0 Å². The van der Waals surface area contributed by atoms with Crippen molar-refractivity contribution in [3.63, 3.8) is 0 Å². The van der Waals surface area contributed by atoms with E-state index >= 15 is 0 Å². The topological polar surface area (TPSA) is 66.6 Å². The van der Waals surface area contributed by atoms with Gasteiger partial charge in [0, 0.05) is 24.8 Å². The molecule has 1 aliphatic rings. The molecule has 118 valence electrons. The molecule has 1 fully saturated rings. The summed E-state index contributed by atoms with van der Waals surface area (Å²) in [4.78, 5) is 0.985.